The highest BCUT2D eigenvalue weighted by Crippen LogP contribution is 2.41. The topological polar surface area (TPSA) is 111 Å². The zero-order valence-corrected chi connectivity index (χ0v) is 18.4. The van der Waals surface area contributed by atoms with Crippen molar-refractivity contribution in [2.75, 3.05) is 18.0 Å². The number of nitrogens with zero attached hydrogens (tertiary/aromatic N) is 3. The minimum atomic E-state index is -0.947. The molecular formula is C26H24N4O4. The zero-order valence-electron chi connectivity index (χ0n) is 18.4. The Morgan fingerprint density at radius 2 is 1.65 bits per heavy atom. The van der Waals surface area contributed by atoms with E-state index in [0.29, 0.717) is 17.0 Å². The molecule has 1 amide bonds. The van der Waals surface area contributed by atoms with Gasteiger partial charge in [0.15, 0.2) is 5.75 Å². The lowest BCUT2D eigenvalue weighted by molar-refractivity contribution is 0.0696. The minimum absolute atomic E-state index is 0.263. The summed E-state index contributed by atoms with van der Waals surface area (Å²) in [6.45, 7) is 1.78. The molecule has 0 radical (unpaired) electrons. The van der Waals surface area contributed by atoms with Gasteiger partial charge in [-0.2, -0.15) is 0 Å². The smallest absolute Gasteiger partial charge is 0.337 e. The Labute approximate surface area is 196 Å². The molecule has 5 rings (SSSR count). The van der Waals surface area contributed by atoms with E-state index in [2.05, 4.69) is 9.88 Å². The predicted octanol–water partition coefficient (Wildman–Crippen LogP) is 4.36. The molecule has 172 valence electrons. The number of nitrogens with two attached hydrogens (primary N) is 1. The Bertz CT molecular complexity index is 1250. The van der Waals surface area contributed by atoms with E-state index in [-0.39, 0.29) is 5.56 Å². The van der Waals surface area contributed by atoms with Crippen molar-refractivity contribution in [3.05, 3.63) is 103 Å². The summed E-state index contributed by atoms with van der Waals surface area (Å²) in [5.74, 6) is 0.00485. The Morgan fingerprint density at radius 3 is 2.18 bits per heavy atom. The van der Waals surface area contributed by atoms with Gasteiger partial charge in [-0.05, 0) is 55.0 Å². The van der Waals surface area contributed by atoms with Crippen molar-refractivity contribution in [2.24, 2.45) is 5.73 Å². The van der Waals surface area contributed by atoms with E-state index >= 15 is 0 Å². The molecule has 2 aromatic carbocycles. The Hall–Kier alpha value is -4.59. The van der Waals surface area contributed by atoms with Gasteiger partial charge in [0.1, 0.15) is 11.4 Å². The molecule has 8 nitrogen and oxygen atoms in total. The maximum Gasteiger partial charge on any atom is 0.337 e. The number of primary amides is 1. The van der Waals surface area contributed by atoms with Gasteiger partial charge in [-0.25, -0.2) is 4.79 Å². The summed E-state index contributed by atoms with van der Waals surface area (Å²) < 4.78 is 7.93. The lowest BCUT2D eigenvalue weighted by atomic mass is 10.1. The van der Waals surface area contributed by atoms with Crippen LogP contribution in [0.4, 0.5) is 5.69 Å². The van der Waals surface area contributed by atoms with Crippen LogP contribution in [-0.2, 0) is 0 Å². The molecular weight excluding hydrogens is 432 g/mol. The molecule has 0 unspecified atom stereocenters. The van der Waals surface area contributed by atoms with Crippen LogP contribution in [0, 0.1) is 0 Å². The fraction of sp³-hybridized carbons (Fsp3) is 0.115. The number of carboxylic acids is 1. The van der Waals surface area contributed by atoms with Gasteiger partial charge in [0, 0.05) is 37.9 Å². The minimum Gasteiger partial charge on any atom is -0.478 e. The van der Waals surface area contributed by atoms with Crippen molar-refractivity contribution in [3.8, 4) is 17.2 Å². The van der Waals surface area contributed by atoms with Gasteiger partial charge in [0.05, 0.1) is 16.8 Å². The number of para-hydroxylation sites is 1. The number of aromatic nitrogens is 2. The quantitative estimate of drug-likeness (QED) is 0.446. The fourth-order valence-corrected chi connectivity index (χ4v) is 3.53. The van der Waals surface area contributed by atoms with E-state index in [0.717, 1.165) is 30.9 Å². The van der Waals surface area contributed by atoms with Crippen LogP contribution in [0.25, 0.3) is 5.69 Å². The van der Waals surface area contributed by atoms with Crippen LogP contribution in [0.1, 0.15) is 27.1 Å². The fourth-order valence-electron chi connectivity index (χ4n) is 3.53. The third-order valence-corrected chi connectivity index (χ3v) is 5.30. The van der Waals surface area contributed by atoms with Crippen LogP contribution < -0.4 is 15.4 Å². The number of pyridine rings is 1. The Balaban J connectivity index is 0.000000257. The summed E-state index contributed by atoms with van der Waals surface area (Å²) in [6.07, 6.45) is 7.83. The Morgan fingerprint density at radius 1 is 0.912 bits per heavy atom. The van der Waals surface area contributed by atoms with Crippen LogP contribution in [0.3, 0.4) is 0 Å². The van der Waals surface area contributed by atoms with E-state index in [9.17, 15) is 14.7 Å². The number of hydrogen-bond acceptors (Lipinski definition) is 5. The molecule has 2 aromatic heterocycles. The number of hydrogen-bond donors (Lipinski definition) is 2. The van der Waals surface area contributed by atoms with Crippen LogP contribution in [0.2, 0.25) is 0 Å². The largest absolute Gasteiger partial charge is 0.478 e. The molecule has 0 saturated carbocycles. The zero-order chi connectivity index (χ0) is 23.9. The molecule has 0 atom stereocenters. The lowest BCUT2D eigenvalue weighted by Crippen LogP contribution is -2.38. The lowest BCUT2D eigenvalue weighted by Gasteiger charge is -2.36. The van der Waals surface area contributed by atoms with Crippen molar-refractivity contribution in [1.29, 1.82) is 0 Å². The number of carboxylic acid groups (broad SMARTS) is 1. The molecule has 1 fully saturated rings. The van der Waals surface area contributed by atoms with Gasteiger partial charge in [-0.1, -0.05) is 18.2 Å². The molecule has 34 heavy (non-hydrogen) atoms. The van der Waals surface area contributed by atoms with E-state index < -0.39 is 11.9 Å². The normalized spacial score (nSPS) is 12.2. The SMILES string of the molecule is NC(=O)c1cccnc1.O=C(O)c1ccc(Oc2ccccc2)c(N2CCC2)c1-n1cccc1. The highest BCUT2D eigenvalue weighted by atomic mass is 16.5. The first-order valence-electron chi connectivity index (χ1n) is 10.8. The van der Waals surface area contributed by atoms with Gasteiger partial charge in [-0.15, -0.1) is 0 Å². The van der Waals surface area contributed by atoms with Crippen molar-refractivity contribution >= 4 is 17.6 Å². The third-order valence-electron chi connectivity index (χ3n) is 5.30. The third kappa shape index (κ3) is 5.07. The number of aromatic carboxylic acids is 1. The summed E-state index contributed by atoms with van der Waals surface area (Å²) in [7, 11) is 0. The number of ether oxygens (including phenoxy) is 1. The Kier molecular flexibility index (Phi) is 6.88. The second kappa shape index (κ2) is 10.4. The van der Waals surface area contributed by atoms with Crippen LogP contribution in [-0.4, -0.2) is 39.6 Å². The van der Waals surface area contributed by atoms with Crippen LogP contribution in [0.15, 0.2) is 91.5 Å². The highest BCUT2D eigenvalue weighted by Gasteiger charge is 2.27. The van der Waals surface area contributed by atoms with Gasteiger partial charge >= 0.3 is 5.97 Å². The molecule has 0 bridgehead atoms. The monoisotopic (exact) mass is 456 g/mol. The molecule has 1 aliphatic rings. The molecule has 4 aromatic rings. The molecule has 8 heteroatoms. The maximum atomic E-state index is 11.8. The second-order valence-corrected chi connectivity index (χ2v) is 7.57. The molecule has 3 heterocycles. The number of benzene rings is 2. The average molecular weight is 457 g/mol. The summed E-state index contributed by atoms with van der Waals surface area (Å²) in [5.41, 5.74) is 7.11. The van der Waals surface area contributed by atoms with Crippen molar-refractivity contribution in [3.63, 3.8) is 0 Å². The van der Waals surface area contributed by atoms with Gasteiger partial charge < -0.3 is 25.0 Å². The first-order chi connectivity index (χ1) is 16.5. The molecule has 1 saturated heterocycles. The van der Waals surface area contributed by atoms with Gasteiger partial charge in [0.2, 0.25) is 5.91 Å². The van der Waals surface area contributed by atoms with E-state index in [1.54, 1.807) is 30.5 Å². The summed E-state index contributed by atoms with van der Waals surface area (Å²) >= 11 is 0. The number of rotatable bonds is 6. The molecule has 0 spiro atoms. The van der Waals surface area contributed by atoms with Crippen molar-refractivity contribution in [1.82, 2.24) is 9.55 Å². The molecule has 1 aliphatic heterocycles. The molecule has 0 aliphatic carbocycles. The highest BCUT2D eigenvalue weighted by molar-refractivity contribution is 5.96. The van der Waals surface area contributed by atoms with Crippen molar-refractivity contribution in [2.45, 2.75) is 6.42 Å². The maximum absolute atomic E-state index is 11.8. The standard InChI is InChI=1S/C20H18N2O3.C6H6N2O/c23-20(24)16-9-10-17(25-15-7-2-1-3-8-15)19(22-13-6-14-22)18(16)21-11-4-5-12-21;7-6(9)5-2-1-3-8-4-5/h1-5,7-12H,6,13-14H2,(H,23,24);1-4H,(H2,7,9). The first kappa shape index (κ1) is 22.6. The average Bonchev–Trinajstić information content (AvgIpc) is 3.35. The first-order valence-corrected chi connectivity index (χ1v) is 10.8. The van der Waals surface area contributed by atoms with Gasteiger partial charge in [-0.3, -0.25) is 9.78 Å². The van der Waals surface area contributed by atoms with E-state index in [1.807, 2.05) is 59.4 Å². The predicted molar refractivity (Wildman–Crippen MR) is 129 cm³/mol. The summed E-state index contributed by atoms with van der Waals surface area (Å²) in [6, 6.07) is 20.0. The van der Waals surface area contributed by atoms with E-state index in [4.69, 9.17) is 10.5 Å². The summed E-state index contributed by atoms with van der Waals surface area (Å²) in [5, 5.41) is 9.67. The van der Waals surface area contributed by atoms with Crippen LogP contribution in [0.5, 0.6) is 11.5 Å². The number of anilines is 1. The summed E-state index contributed by atoms with van der Waals surface area (Å²) in [4.78, 5) is 28.1. The molecule has 3 N–H and O–H groups in total. The second-order valence-electron chi connectivity index (χ2n) is 7.57. The number of amides is 1. The number of carbonyl (C=O) groups is 2. The van der Waals surface area contributed by atoms with Crippen molar-refractivity contribution < 1.29 is 19.4 Å². The van der Waals surface area contributed by atoms with E-state index in [1.165, 1.54) is 6.20 Å². The van der Waals surface area contributed by atoms with Gasteiger partial charge in [0.25, 0.3) is 0 Å². The van der Waals surface area contributed by atoms with Crippen LogP contribution >= 0.6 is 0 Å². The number of carbonyl (C=O) groups excluding carboxylic acids is 1.